The number of benzene rings is 1. The van der Waals surface area contributed by atoms with Crippen LogP contribution in [-0.4, -0.2) is 24.3 Å². The van der Waals surface area contributed by atoms with Crippen molar-refractivity contribution in [3.8, 4) is 5.75 Å². The summed E-state index contributed by atoms with van der Waals surface area (Å²) < 4.78 is 5.47. The zero-order valence-electron chi connectivity index (χ0n) is 16.3. The molecule has 3 N–H and O–H groups in total. The fraction of sp³-hybridized carbons (Fsp3) is 0.350. The van der Waals surface area contributed by atoms with Gasteiger partial charge in [0.1, 0.15) is 10.8 Å². The van der Waals surface area contributed by atoms with Crippen molar-refractivity contribution in [1.29, 1.82) is 0 Å². The number of aryl methyl sites for hydroxylation is 1. The third kappa shape index (κ3) is 5.65. The van der Waals surface area contributed by atoms with E-state index in [0.29, 0.717) is 26.4 Å². The summed E-state index contributed by atoms with van der Waals surface area (Å²) in [5.41, 5.74) is 6.01. The lowest BCUT2D eigenvalue weighted by Gasteiger charge is -2.11. The van der Waals surface area contributed by atoms with Crippen molar-refractivity contribution in [2.75, 3.05) is 11.9 Å². The number of carbonyl (C=O) groups is 3. The molecule has 0 aliphatic heterocycles. The van der Waals surface area contributed by atoms with Gasteiger partial charge in [-0.1, -0.05) is 29.6 Å². The number of thiophene rings is 1. The topological polar surface area (TPSA) is 96.5 Å². The van der Waals surface area contributed by atoms with Crippen LogP contribution in [0.15, 0.2) is 18.2 Å². The number of halogens is 2. The Hall–Kier alpha value is -2.29. The highest BCUT2D eigenvalue weighted by molar-refractivity contribution is 7.17. The summed E-state index contributed by atoms with van der Waals surface area (Å²) in [7, 11) is 0. The molecule has 30 heavy (non-hydrogen) atoms. The van der Waals surface area contributed by atoms with Crippen molar-refractivity contribution in [3.05, 3.63) is 44.2 Å². The Kier molecular flexibility index (Phi) is 7.58. The Morgan fingerprint density at radius 1 is 1.10 bits per heavy atom. The summed E-state index contributed by atoms with van der Waals surface area (Å²) in [6, 6.07) is 4.72. The molecule has 0 fully saturated rings. The van der Waals surface area contributed by atoms with Gasteiger partial charge in [0.05, 0.1) is 10.6 Å². The third-order valence-corrected chi connectivity index (χ3v) is 6.24. The summed E-state index contributed by atoms with van der Waals surface area (Å²) in [5, 5.41) is 3.98. The zero-order valence-corrected chi connectivity index (χ0v) is 18.6. The van der Waals surface area contributed by atoms with Crippen LogP contribution < -0.4 is 20.9 Å². The molecule has 0 saturated heterocycles. The van der Waals surface area contributed by atoms with E-state index in [1.165, 1.54) is 24.3 Å². The number of anilines is 1. The smallest absolute Gasteiger partial charge is 0.272 e. The quantitative estimate of drug-likeness (QED) is 0.453. The number of hydrazine groups is 1. The van der Waals surface area contributed by atoms with E-state index in [9.17, 15) is 14.4 Å². The van der Waals surface area contributed by atoms with Gasteiger partial charge in [0.15, 0.2) is 6.61 Å². The van der Waals surface area contributed by atoms with Crippen molar-refractivity contribution in [3.63, 3.8) is 0 Å². The van der Waals surface area contributed by atoms with E-state index < -0.39 is 11.8 Å². The molecule has 1 aliphatic carbocycles. The zero-order chi connectivity index (χ0) is 21.7. The molecule has 0 bridgehead atoms. The van der Waals surface area contributed by atoms with Crippen LogP contribution in [0.1, 0.15) is 47.0 Å². The number of carbonyl (C=O) groups excluding carboxylic acids is 3. The van der Waals surface area contributed by atoms with E-state index in [2.05, 4.69) is 16.2 Å². The molecule has 0 spiro atoms. The summed E-state index contributed by atoms with van der Waals surface area (Å²) in [5.74, 6) is -0.933. The number of ether oxygens (including phenoxy) is 1. The first kappa shape index (κ1) is 22.4. The number of hydrogen-bond donors (Lipinski definition) is 3. The largest absolute Gasteiger partial charge is 0.482 e. The maximum Gasteiger partial charge on any atom is 0.272 e. The van der Waals surface area contributed by atoms with Crippen molar-refractivity contribution in [2.45, 2.75) is 39.0 Å². The monoisotopic (exact) mass is 469 g/mol. The Labute approximate surface area is 188 Å². The van der Waals surface area contributed by atoms with Crippen LogP contribution in [0.25, 0.3) is 0 Å². The molecule has 0 atom stereocenters. The molecule has 2 aromatic rings. The molecule has 1 aromatic carbocycles. The van der Waals surface area contributed by atoms with E-state index in [1.54, 1.807) is 12.1 Å². The van der Waals surface area contributed by atoms with Gasteiger partial charge in [-0.25, -0.2) is 0 Å². The molecule has 1 aromatic heterocycles. The molecule has 7 nitrogen and oxygen atoms in total. The SMILES string of the molecule is CC(=O)NNC(=O)c1c(NC(=O)COc2ccc(Cl)cc2Cl)sc2c1CCCCC2. The fourth-order valence-corrected chi connectivity index (χ4v) is 4.94. The second-order valence-corrected chi connectivity index (χ2v) is 8.76. The molecule has 0 unspecified atom stereocenters. The Morgan fingerprint density at radius 2 is 1.87 bits per heavy atom. The number of amides is 3. The van der Waals surface area contributed by atoms with Crippen LogP contribution in [0.4, 0.5) is 5.00 Å². The van der Waals surface area contributed by atoms with Gasteiger partial charge < -0.3 is 10.1 Å². The number of hydrogen-bond acceptors (Lipinski definition) is 5. The van der Waals surface area contributed by atoms with Crippen LogP contribution >= 0.6 is 34.5 Å². The Balaban J connectivity index is 1.75. The predicted octanol–water partition coefficient (Wildman–Crippen LogP) is 4.12. The van der Waals surface area contributed by atoms with Crippen LogP contribution in [0, 0.1) is 0 Å². The maximum absolute atomic E-state index is 12.7. The van der Waals surface area contributed by atoms with Crippen molar-refractivity contribution in [2.24, 2.45) is 0 Å². The van der Waals surface area contributed by atoms with Gasteiger partial charge in [0, 0.05) is 16.8 Å². The highest BCUT2D eigenvalue weighted by atomic mass is 35.5. The van der Waals surface area contributed by atoms with Crippen molar-refractivity contribution < 1.29 is 19.1 Å². The molecular weight excluding hydrogens is 449 g/mol. The molecule has 3 amide bonds. The lowest BCUT2D eigenvalue weighted by Crippen LogP contribution is -2.40. The van der Waals surface area contributed by atoms with Crippen LogP contribution in [0.3, 0.4) is 0 Å². The molecule has 3 rings (SSSR count). The van der Waals surface area contributed by atoms with Gasteiger partial charge in [-0.05, 0) is 49.4 Å². The molecule has 10 heteroatoms. The molecular formula is C20H21Cl2N3O4S. The molecule has 0 radical (unpaired) electrons. The van der Waals surface area contributed by atoms with E-state index in [0.717, 1.165) is 42.5 Å². The Morgan fingerprint density at radius 3 is 2.60 bits per heavy atom. The van der Waals surface area contributed by atoms with Crippen molar-refractivity contribution in [1.82, 2.24) is 10.9 Å². The number of nitrogens with one attached hydrogen (secondary N) is 3. The first-order valence-electron chi connectivity index (χ1n) is 9.44. The first-order valence-corrected chi connectivity index (χ1v) is 11.0. The number of fused-ring (bicyclic) bond motifs is 1. The van der Waals surface area contributed by atoms with Gasteiger partial charge in [0.2, 0.25) is 5.91 Å². The minimum absolute atomic E-state index is 0.281. The predicted molar refractivity (Wildman–Crippen MR) is 117 cm³/mol. The van der Waals surface area contributed by atoms with E-state index in [-0.39, 0.29) is 12.5 Å². The highest BCUT2D eigenvalue weighted by Crippen LogP contribution is 2.37. The first-order chi connectivity index (χ1) is 14.3. The number of rotatable bonds is 5. The van der Waals surface area contributed by atoms with E-state index in [1.807, 2.05) is 0 Å². The fourth-order valence-electron chi connectivity index (χ4n) is 3.18. The summed E-state index contributed by atoms with van der Waals surface area (Å²) in [6.07, 6.45) is 4.70. The minimum atomic E-state index is -0.457. The molecule has 0 saturated carbocycles. The lowest BCUT2D eigenvalue weighted by atomic mass is 10.1. The lowest BCUT2D eigenvalue weighted by molar-refractivity contribution is -0.120. The summed E-state index contributed by atoms with van der Waals surface area (Å²) >= 11 is 13.3. The third-order valence-electron chi connectivity index (χ3n) is 4.51. The summed E-state index contributed by atoms with van der Waals surface area (Å²) in [6.45, 7) is 1.02. The van der Waals surface area contributed by atoms with Gasteiger partial charge in [-0.3, -0.25) is 25.2 Å². The average molecular weight is 470 g/mol. The van der Waals surface area contributed by atoms with Gasteiger partial charge in [-0.2, -0.15) is 0 Å². The van der Waals surface area contributed by atoms with Crippen molar-refractivity contribution >= 4 is 57.3 Å². The van der Waals surface area contributed by atoms with E-state index in [4.69, 9.17) is 27.9 Å². The molecule has 1 heterocycles. The Bertz CT molecular complexity index is 977. The molecule has 1 aliphatic rings. The summed E-state index contributed by atoms with van der Waals surface area (Å²) in [4.78, 5) is 37.5. The molecule has 160 valence electrons. The normalized spacial score (nSPS) is 13.0. The second kappa shape index (κ2) is 10.1. The van der Waals surface area contributed by atoms with Crippen LogP contribution in [-0.2, 0) is 22.4 Å². The van der Waals surface area contributed by atoms with E-state index >= 15 is 0 Å². The van der Waals surface area contributed by atoms with Gasteiger partial charge in [0.25, 0.3) is 11.8 Å². The highest BCUT2D eigenvalue weighted by Gasteiger charge is 2.26. The van der Waals surface area contributed by atoms with Crippen LogP contribution in [0.2, 0.25) is 10.0 Å². The second-order valence-electron chi connectivity index (χ2n) is 6.82. The average Bonchev–Trinajstić information content (AvgIpc) is 2.86. The minimum Gasteiger partial charge on any atom is -0.482 e. The van der Waals surface area contributed by atoms with Gasteiger partial charge >= 0.3 is 0 Å². The maximum atomic E-state index is 12.7. The van der Waals surface area contributed by atoms with Crippen LogP contribution in [0.5, 0.6) is 5.75 Å². The standard InChI is InChI=1S/C20H21Cl2N3O4S/c1-11(26)24-25-19(28)18-13-5-3-2-4-6-16(13)30-20(18)23-17(27)10-29-15-8-7-12(21)9-14(15)22/h7-9H,2-6,10H2,1H3,(H,23,27)(H,24,26)(H,25,28). The van der Waals surface area contributed by atoms with Gasteiger partial charge in [-0.15, -0.1) is 11.3 Å².